The number of aryl methyl sites for hydroxylation is 2. The highest BCUT2D eigenvalue weighted by molar-refractivity contribution is 7.89. The first kappa shape index (κ1) is 28.2. The summed E-state index contributed by atoms with van der Waals surface area (Å²) < 4.78 is 84.4. The van der Waals surface area contributed by atoms with Gasteiger partial charge in [-0.3, -0.25) is 9.88 Å². The topological polar surface area (TPSA) is 71.3 Å². The summed E-state index contributed by atoms with van der Waals surface area (Å²) in [4.78, 5) is 5.78. The molecule has 40 heavy (non-hydrogen) atoms. The van der Waals surface area contributed by atoms with E-state index in [0.717, 1.165) is 29.0 Å². The van der Waals surface area contributed by atoms with Crippen LogP contribution in [-0.2, 0) is 10.0 Å². The first-order valence-electron chi connectivity index (χ1n) is 12.8. The van der Waals surface area contributed by atoms with Gasteiger partial charge < -0.3 is 0 Å². The Bertz CT molecular complexity index is 1640. The standard InChI is InChI=1S/C28H29F4N5O2S/c1-18-8-9-33-15-27(18)40(38,39)36-11-10-35(16-20(3)28(30,31)32)26(17-36)24-13-21-14-34-37(25(21)12-19(24)2)23-6-4-22(29)5-7-23/h4-9,12-15,20,26H,10-11,16-17H2,1-3H3. The summed E-state index contributed by atoms with van der Waals surface area (Å²) >= 11 is 0. The quantitative estimate of drug-likeness (QED) is 0.287. The fraction of sp³-hybridized carbons (Fsp3) is 0.357. The fourth-order valence-electron chi connectivity index (χ4n) is 5.18. The molecule has 0 radical (unpaired) electrons. The van der Waals surface area contributed by atoms with E-state index in [4.69, 9.17) is 0 Å². The normalized spacial score (nSPS) is 18.3. The number of rotatable bonds is 6. The molecule has 0 amide bonds. The van der Waals surface area contributed by atoms with Gasteiger partial charge in [0.05, 0.1) is 23.3 Å². The molecule has 5 rings (SSSR count). The molecule has 212 valence electrons. The van der Waals surface area contributed by atoms with E-state index in [1.54, 1.807) is 40.9 Å². The van der Waals surface area contributed by atoms with E-state index in [1.807, 2.05) is 19.1 Å². The molecule has 7 nitrogen and oxygen atoms in total. The van der Waals surface area contributed by atoms with Crippen molar-refractivity contribution in [2.24, 2.45) is 5.92 Å². The Morgan fingerprint density at radius 3 is 2.42 bits per heavy atom. The molecule has 1 fully saturated rings. The number of hydrogen-bond acceptors (Lipinski definition) is 5. The molecule has 0 bridgehead atoms. The van der Waals surface area contributed by atoms with E-state index in [1.165, 1.54) is 28.8 Å². The van der Waals surface area contributed by atoms with Crippen molar-refractivity contribution in [1.29, 1.82) is 0 Å². The Kier molecular flexibility index (Phi) is 7.45. The van der Waals surface area contributed by atoms with Crippen molar-refractivity contribution in [3.63, 3.8) is 0 Å². The van der Waals surface area contributed by atoms with E-state index in [9.17, 15) is 26.0 Å². The van der Waals surface area contributed by atoms with Crippen LogP contribution in [0.25, 0.3) is 16.6 Å². The monoisotopic (exact) mass is 575 g/mol. The van der Waals surface area contributed by atoms with Crippen LogP contribution in [-0.4, -0.2) is 64.7 Å². The minimum Gasteiger partial charge on any atom is -0.293 e. The summed E-state index contributed by atoms with van der Waals surface area (Å²) in [6, 6.07) is 10.6. The van der Waals surface area contributed by atoms with E-state index < -0.39 is 28.2 Å². The number of sulfonamides is 1. The number of piperazine rings is 1. The van der Waals surface area contributed by atoms with Crippen LogP contribution < -0.4 is 0 Å². The molecule has 1 aliphatic rings. The molecule has 0 saturated carbocycles. The maximum atomic E-state index is 13.6. The van der Waals surface area contributed by atoms with E-state index in [-0.39, 0.29) is 36.9 Å². The average Bonchev–Trinajstić information content (AvgIpc) is 3.31. The molecule has 3 heterocycles. The van der Waals surface area contributed by atoms with Crippen molar-refractivity contribution in [1.82, 2.24) is 24.0 Å². The predicted molar refractivity (Wildman–Crippen MR) is 143 cm³/mol. The number of nitrogens with zero attached hydrogens (tertiary/aromatic N) is 5. The smallest absolute Gasteiger partial charge is 0.293 e. The zero-order valence-corrected chi connectivity index (χ0v) is 23.0. The van der Waals surface area contributed by atoms with Crippen LogP contribution in [0.4, 0.5) is 17.6 Å². The molecular formula is C28H29F4N5O2S. The van der Waals surface area contributed by atoms with Crippen LogP contribution in [0.15, 0.2) is 66.0 Å². The maximum absolute atomic E-state index is 13.6. The number of aromatic nitrogens is 3. The minimum atomic E-state index is -4.38. The van der Waals surface area contributed by atoms with Crippen LogP contribution in [0.1, 0.15) is 29.7 Å². The second-order valence-electron chi connectivity index (χ2n) is 10.3. The SMILES string of the molecule is Cc1cc2c(cnn2-c2ccc(F)cc2)cc1C1CN(S(=O)(=O)c2cnccc2C)CCN1CC(C)C(F)(F)F. The lowest BCUT2D eigenvalue weighted by atomic mass is 9.95. The number of fused-ring (bicyclic) bond motifs is 1. The van der Waals surface area contributed by atoms with E-state index in [0.29, 0.717) is 11.3 Å². The number of halogens is 4. The Hall–Kier alpha value is -3.35. The third kappa shape index (κ3) is 5.35. The number of benzene rings is 2. The van der Waals surface area contributed by atoms with Gasteiger partial charge in [-0.1, -0.05) is 6.92 Å². The number of alkyl halides is 3. The lowest BCUT2D eigenvalue weighted by molar-refractivity contribution is -0.176. The number of pyridine rings is 1. The molecule has 1 saturated heterocycles. The second kappa shape index (κ2) is 10.6. The lowest BCUT2D eigenvalue weighted by Gasteiger charge is -2.42. The molecule has 0 N–H and O–H groups in total. The van der Waals surface area contributed by atoms with Gasteiger partial charge in [-0.25, -0.2) is 17.5 Å². The lowest BCUT2D eigenvalue weighted by Crippen LogP contribution is -2.52. The zero-order chi connectivity index (χ0) is 28.8. The van der Waals surface area contributed by atoms with Gasteiger partial charge in [-0.2, -0.15) is 22.6 Å². The van der Waals surface area contributed by atoms with Crippen molar-refractivity contribution >= 4 is 20.9 Å². The first-order valence-corrected chi connectivity index (χ1v) is 14.3. The Labute approximate surface area is 230 Å². The average molecular weight is 576 g/mol. The van der Waals surface area contributed by atoms with Crippen LogP contribution in [0.5, 0.6) is 0 Å². The second-order valence-corrected chi connectivity index (χ2v) is 12.2. The van der Waals surface area contributed by atoms with Gasteiger partial charge in [0, 0.05) is 50.0 Å². The summed E-state index contributed by atoms with van der Waals surface area (Å²) in [7, 11) is -3.93. The van der Waals surface area contributed by atoms with Crippen molar-refractivity contribution < 1.29 is 26.0 Å². The van der Waals surface area contributed by atoms with Crippen molar-refractivity contribution in [2.75, 3.05) is 26.2 Å². The van der Waals surface area contributed by atoms with E-state index in [2.05, 4.69) is 10.1 Å². The van der Waals surface area contributed by atoms with Crippen LogP contribution in [0, 0.1) is 25.6 Å². The van der Waals surface area contributed by atoms with Gasteiger partial charge in [-0.05, 0) is 73.0 Å². The third-order valence-electron chi connectivity index (χ3n) is 7.52. The van der Waals surface area contributed by atoms with Crippen molar-refractivity contribution in [3.8, 4) is 5.69 Å². The highest BCUT2D eigenvalue weighted by Crippen LogP contribution is 2.36. The largest absolute Gasteiger partial charge is 0.392 e. The fourth-order valence-corrected chi connectivity index (χ4v) is 6.79. The zero-order valence-electron chi connectivity index (χ0n) is 22.2. The summed E-state index contributed by atoms with van der Waals surface area (Å²) in [6.07, 6.45) is 0.0771. The molecule has 0 spiro atoms. The molecular weight excluding hydrogens is 546 g/mol. The Morgan fingerprint density at radius 1 is 1.02 bits per heavy atom. The van der Waals surface area contributed by atoms with Crippen molar-refractivity contribution in [3.05, 3.63) is 83.6 Å². The van der Waals surface area contributed by atoms with Gasteiger partial charge in [-0.15, -0.1) is 0 Å². The Balaban J connectivity index is 1.55. The summed E-state index contributed by atoms with van der Waals surface area (Å²) in [5, 5.41) is 5.18. The highest BCUT2D eigenvalue weighted by Gasteiger charge is 2.41. The highest BCUT2D eigenvalue weighted by atomic mass is 32.2. The number of hydrogen-bond donors (Lipinski definition) is 0. The molecule has 2 aromatic heterocycles. The minimum absolute atomic E-state index is 0.0142. The molecule has 1 aliphatic heterocycles. The van der Waals surface area contributed by atoms with Gasteiger partial charge in [0.2, 0.25) is 10.0 Å². The molecule has 2 aromatic carbocycles. The van der Waals surface area contributed by atoms with Gasteiger partial charge in [0.15, 0.2) is 0 Å². The molecule has 12 heteroatoms. The summed E-state index contributed by atoms with van der Waals surface area (Å²) in [5.41, 5.74) is 3.46. The van der Waals surface area contributed by atoms with Crippen LogP contribution in [0.2, 0.25) is 0 Å². The van der Waals surface area contributed by atoms with Gasteiger partial charge in [0.25, 0.3) is 0 Å². The van der Waals surface area contributed by atoms with Gasteiger partial charge in [0.1, 0.15) is 10.7 Å². The van der Waals surface area contributed by atoms with Crippen LogP contribution >= 0.6 is 0 Å². The predicted octanol–water partition coefficient (Wildman–Crippen LogP) is 5.42. The first-order chi connectivity index (χ1) is 18.9. The third-order valence-corrected chi connectivity index (χ3v) is 9.51. The van der Waals surface area contributed by atoms with Gasteiger partial charge >= 0.3 is 6.18 Å². The molecule has 0 aliphatic carbocycles. The van der Waals surface area contributed by atoms with Crippen LogP contribution in [0.3, 0.4) is 0 Å². The molecule has 2 unspecified atom stereocenters. The Morgan fingerprint density at radius 2 is 1.75 bits per heavy atom. The summed E-state index contributed by atoms with van der Waals surface area (Å²) in [5.74, 6) is -1.96. The molecule has 2 atom stereocenters. The van der Waals surface area contributed by atoms with Crippen molar-refractivity contribution in [2.45, 2.75) is 37.9 Å². The maximum Gasteiger partial charge on any atom is 0.392 e. The molecule has 4 aromatic rings. The van der Waals surface area contributed by atoms with E-state index >= 15 is 0 Å². The summed E-state index contributed by atoms with van der Waals surface area (Å²) in [6.45, 7) is 4.59.